The molecule has 0 aliphatic rings. The van der Waals surface area contributed by atoms with Gasteiger partial charge in [0.2, 0.25) is 0 Å². The lowest BCUT2D eigenvalue weighted by molar-refractivity contribution is 0.607. The van der Waals surface area contributed by atoms with Crippen molar-refractivity contribution in [1.29, 1.82) is 0 Å². The average Bonchev–Trinajstić information content (AvgIpc) is 2.45. The third-order valence-corrected chi connectivity index (χ3v) is 3.05. The lowest BCUT2D eigenvalue weighted by atomic mass is 10.1. The van der Waals surface area contributed by atoms with Gasteiger partial charge in [-0.1, -0.05) is 42.2 Å². The molecule has 0 bridgehead atoms. The highest BCUT2D eigenvalue weighted by Gasteiger charge is 2.03. The van der Waals surface area contributed by atoms with E-state index in [4.69, 9.17) is 0 Å². The minimum Gasteiger partial charge on any atom is -0.302 e. The van der Waals surface area contributed by atoms with E-state index in [-0.39, 0.29) is 5.82 Å². The summed E-state index contributed by atoms with van der Waals surface area (Å²) in [6.45, 7) is 4.90. The van der Waals surface area contributed by atoms with Gasteiger partial charge in [0, 0.05) is 12.1 Å². The summed E-state index contributed by atoms with van der Waals surface area (Å²) < 4.78 is 13.5. The van der Waals surface area contributed by atoms with Crippen molar-refractivity contribution in [3.63, 3.8) is 0 Å². The van der Waals surface area contributed by atoms with Crippen LogP contribution < -0.4 is 5.32 Å². The fraction of sp³-hybridized carbons (Fsp3) is 0.222. The van der Waals surface area contributed by atoms with Crippen molar-refractivity contribution in [3.8, 4) is 11.8 Å². The zero-order chi connectivity index (χ0) is 14.4. The maximum absolute atomic E-state index is 13.5. The molecule has 0 fully saturated rings. The molecule has 2 rings (SSSR count). The van der Waals surface area contributed by atoms with Crippen molar-refractivity contribution in [2.75, 3.05) is 6.54 Å². The summed E-state index contributed by atoms with van der Waals surface area (Å²) in [4.78, 5) is 0. The first-order valence-electron chi connectivity index (χ1n) is 6.67. The molecule has 1 nitrogen and oxygen atoms in total. The van der Waals surface area contributed by atoms with E-state index in [1.54, 1.807) is 13.8 Å². The Balaban J connectivity index is 1.87. The van der Waals surface area contributed by atoms with Gasteiger partial charge in [-0.2, -0.15) is 0 Å². The Morgan fingerprint density at radius 2 is 1.70 bits per heavy atom. The number of nitrogens with one attached hydrogen (secondary N) is 1. The number of halogens is 1. The molecule has 2 aromatic rings. The molecular formula is C18H18FN. The summed E-state index contributed by atoms with van der Waals surface area (Å²) in [7, 11) is 0. The highest BCUT2D eigenvalue weighted by atomic mass is 19.1. The second-order valence-corrected chi connectivity index (χ2v) is 4.81. The molecule has 20 heavy (non-hydrogen) atoms. The first-order chi connectivity index (χ1) is 9.66. The molecule has 0 amide bonds. The molecule has 2 aromatic carbocycles. The predicted molar refractivity (Wildman–Crippen MR) is 80.9 cm³/mol. The van der Waals surface area contributed by atoms with Crippen LogP contribution in [0.2, 0.25) is 0 Å². The summed E-state index contributed by atoms with van der Waals surface area (Å²) in [6, 6.07) is 13.6. The Morgan fingerprint density at radius 3 is 2.35 bits per heavy atom. The van der Waals surface area contributed by atoms with Gasteiger partial charge in [-0.05, 0) is 42.7 Å². The average molecular weight is 267 g/mol. The largest absolute Gasteiger partial charge is 0.302 e. The van der Waals surface area contributed by atoms with Crippen molar-refractivity contribution in [2.24, 2.45) is 0 Å². The summed E-state index contributed by atoms with van der Waals surface area (Å²) in [6.07, 6.45) is 0. The smallest absolute Gasteiger partial charge is 0.129 e. The number of rotatable bonds is 3. The van der Waals surface area contributed by atoms with Crippen molar-refractivity contribution in [1.82, 2.24) is 5.32 Å². The zero-order valence-corrected chi connectivity index (χ0v) is 11.8. The third kappa shape index (κ3) is 3.94. The monoisotopic (exact) mass is 267 g/mol. The second kappa shape index (κ2) is 6.88. The first kappa shape index (κ1) is 14.3. The van der Waals surface area contributed by atoms with Crippen LogP contribution in [0.15, 0.2) is 42.5 Å². The minimum absolute atomic E-state index is 0.113. The number of hydrogen-bond acceptors (Lipinski definition) is 1. The SMILES string of the molecule is Cc1cc(CNCC#Cc2ccccc2)cc(C)c1F. The van der Waals surface area contributed by atoms with Gasteiger partial charge in [0.25, 0.3) is 0 Å². The number of hydrogen-bond donors (Lipinski definition) is 1. The number of aryl methyl sites for hydroxylation is 2. The Kier molecular flexibility index (Phi) is 4.92. The van der Waals surface area contributed by atoms with Crippen LogP contribution in [0.1, 0.15) is 22.3 Å². The molecule has 102 valence electrons. The van der Waals surface area contributed by atoms with Crippen molar-refractivity contribution in [3.05, 3.63) is 70.5 Å². The van der Waals surface area contributed by atoms with Gasteiger partial charge in [-0.25, -0.2) is 4.39 Å². The normalized spacial score (nSPS) is 9.95. The molecular weight excluding hydrogens is 249 g/mol. The lowest BCUT2D eigenvalue weighted by Gasteiger charge is -2.06. The molecule has 0 unspecified atom stereocenters. The Morgan fingerprint density at radius 1 is 1.05 bits per heavy atom. The summed E-state index contributed by atoms with van der Waals surface area (Å²) in [5.41, 5.74) is 3.49. The first-order valence-corrected chi connectivity index (χ1v) is 6.67. The highest BCUT2D eigenvalue weighted by molar-refractivity contribution is 5.34. The van der Waals surface area contributed by atoms with Crippen LogP contribution in [0.3, 0.4) is 0 Å². The minimum atomic E-state index is -0.113. The Labute approximate surface area is 119 Å². The van der Waals surface area contributed by atoms with Gasteiger partial charge in [0.15, 0.2) is 0 Å². The molecule has 0 heterocycles. The maximum Gasteiger partial charge on any atom is 0.129 e. The van der Waals surface area contributed by atoms with E-state index in [0.717, 1.165) is 11.1 Å². The van der Waals surface area contributed by atoms with E-state index in [9.17, 15) is 4.39 Å². The van der Waals surface area contributed by atoms with E-state index >= 15 is 0 Å². The molecule has 1 N–H and O–H groups in total. The van der Waals surface area contributed by atoms with Gasteiger partial charge >= 0.3 is 0 Å². The predicted octanol–water partition coefficient (Wildman–Crippen LogP) is 3.58. The molecule has 0 aliphatic heterocycles. The maximum atomic E-state index is 13.5. The quantitative estimate of drug-likeness (QED) is 0.662. The van der Waals surface area contributed by atoms with Crippen LogP contribution in [-0.2, 0) is 6.54 Å². The molecule has 0 atom stereocenters. The van der Waals surface area contributed by atoms with Crippen molar-refractivity contribution in [2.45, 2.75) is 20.4 Å². The summed E-state index contributed by atoms with van der Waals surface area (Å²) in [5, 5.41) is 3.25. The van der Waals surface area contributed by atoms with E-state index in [1.807, 2.05) is 42.5 Å². The summed E-state index contributed by atoms with van der Waals surface area (Å²) in [5.74, 6) is 6.05. The molecule has 0 aromatic heterocycles. The van der Waals surface area contributed by atoms with Gasteiger partial charge in [-0.3, -0.25) is 0 Å². The van der Waals surface area contributed by atoms with E-state index in [2.05, 4.69) is 17.2 Å². The second-order valence-electron chi connectivity index (χ2n) is 4.81. The van der Waals surface area contributed by atoms with E-state index in [1.165, 1.54) is 0 Å². The van der Waals surface area contributed by atoms with Crippen LogP contribution >= 0.6 is 0 Å². The molecule has 0 radical (unpaired) electrons. The number of benzene rings is 2. The fourth-order valence-electron chi connectivity index (χ4n) is 2.07. The zero-order valence-electron chi connectivity index (χ0n) is 11.8. The fourth-order valence-corrected chi connectivity index (χ4v) is 2.07. The standard InChI is InChI=1S/C18H18FN/c1-14-11-17(12-15(2)18(14)19)13-20-10-6-9-16-7-4-3-5-8-16/h3-5,7-8,11-12,20H,10,13H2,1-2H3. The lowest BCUT2D eigenvalue weighted by Crippen LogP contribution is -2.13. The topological polar surface area (TPSA) is 12.0 Å². The van der Waals surface area contributed by atoms with Gasteiger partial charge in [-0.15, -0.1) is 0 Å². The van der Waals surface area contributed by atoms with Crippen LogP contribution in [0.25, 0.3) is 0 Å². The third-order valence-electron chi connectivity index (χ3n) is 3.05. The van der Waals surface area contributed by atoms with Crippen LogP contribution in [0.5, 0.6) is 0 Å². The van der Waals surface area contributed by atoms with Crippen LogP contribution in [0.4, 0.5) is 4.39 Å². The Bertz CT molecular complexity index is 612. The van der Waals surface area contributed by atoms with Gasteiger partial charge in [0.05, 0.1) is 6.54 Å². The van der Waals surface area contributed by atoms with Crippen LogP contribution in [-0.4, -0.2) is 6.54 Å². The Hall–Kier alpha value is -2.11. The van der Waals surface area contributed by atoms with E-state index < -0.39 is 0 Å². The van der Waals surface area contributed by atoms with Crippen molar-refractivity contribution < 1.29 is 4.39 Å². The van der Waals surface area contributed by atoms with E-state index in [0.29, 0.717) is 24.2 Å². The molecule has 0 spiro atoms. The van der Waals surface area contributed by atoms with Crippen molar-refractivity contribution >= 4 is 0 Å². The van der Waals surface area contributed by atoms with Gasteiger partial charge in [0.1, 0.15) is 5.82 Å². The van der Waals surface area contributed by atoms with Gasteiger partial charge < -0.3 is 5.32 Å². The highest BCUT2D eigenvalue weighted by Crippen LogP contribution is 2.14. The van der Waals surface area contributed by atoms with Crippen LogP contribution in [0, 0.1) is 31.5 Å². The molecule has 0 aliphatic carbocycles. The molecule has 2 heteroatoms. The summed E-state index contributed by atoms with van der Waals surface area (Å²) >= 11 is 0. The molecule has 0 saturated heterocycles. The molecule has 0 saturated carbocycles.